The molecular weight excluding hydrogens is 630 g/mol. The standard InChI is InChI=1S/C29H25Br2N3O5/c1-5-14-37-28-25(36-4)15-20(26(30)27(28)31)16-32-33-29(35)24-13-12-23(39-24)17-38-22-10-8-21(9-11-22)34-18(2)6-7-19(34)3/h1,6-13,15-16H,14,17H2,2-4H3,(H,33,35)/b32-16+. The molecule has 2 heterocycles. The molecule has 0 fully saturated rings. The second-order valence-electron chi connectivity index (χ2n) is 8.32. The Morgan fingerprint density at radius 1 is 1.08 bits per heavy atom. The van der Waals surface area contributed by atoms with Gasteiger partial charge in [-0.3, -0.25) is 4.79 Å². The Morgan fingerprint density at radius 3 is 2.46 bits per heavy atom. The van der Waals surface area contributed by atoms with Gasteiger partial charge in [-0.1, -0.05) is 5.92 Å². The van der Waals surface area contributed by atoms with Crippen LogP contribution in [0.5, 0.6) is 17.2 Å². The van der Waals surface area contributed by atoms with E-state index < -0.39 is 5.91 Å². The van der Waals surface area contributed by atoms with Crippen molar-refractivity contribution in [1.82, 2.24) is 9.99 Å². The summed E-state index contributed by atoms with van der Waals surface area (Å²) in [5, 5.41) is 4.03. The van der Waals surface area contributed by atoms with Crippen LogP contribution in [0.2, 0.25) is 0 Å². The van der Waals surface area contributed by atoms with E-state index in [-0.39, 0.29) is 19.0 Å². The number of carbonyl (C=O) groups excluding carboxylic acids is 1. The van der Waals surface area contributed by atoms with Gasteiger partial charge in [0.05, 0.1) is 17.8 Å². The highest BCUT2D eigenvalue weighted by atomic mass is 79.9. The van der Waals surface area contributed by atoms with Gasteiger partial charge >= 0.3 is 5.91 Å². The molecule has 0 unspecified atom stereocenters. The summed E-state index contributed by atoms with van der Waals surface area (Å²) in [6.07, 6.45) is 6.75. The summed E-state index contributed by atoms with van der Waals surface area (Å²) in [6, 6.07) is 16.9. The molecule has 0 aliphatic heterocycles. The average molecular weight is 655 g/mol. The maximum atomic E-state index is 12.5. The van der Waals surface area contributed by atoms with Crippen molar-refractivity contribution >= 4 is 44.0 Å². The van der Waals surface area contributed by atoms with Gasteiger partial charge in [0.25, 0.3) is 0 Å². The number of carbonyl (C=O) groups is 1. The number of furan rings is 1. The summed E-state index contributed by atoms with van der Waals surface area (Å²) in [5.74, 6) is 4.12. The molecule has 39 heavy (non-hydrogen) atoms. The van der Waals surface area contributed by atoms with Gasteiger partial charge in [0.1, 0.15) is 24.7 Å². The molecule has 10 heteroatoms. The summed E-state index contributed by atoms with van der Waals surface area (Å²) < 4.78 is 25.8. The van der Waals surface area contributed by atoms with Gasteiger partial charge in [0.2, 0.25) is 0 Å². The van der Waals surface area contributed by atoms with Gasteiger partial charge in [-0.25, -0.2) is 5.43 Å². The minimum absolute atomic E-state index is 0.0845. The number of halogens is 2. The van der Waals surface area contributed by atoms with Crippen molar-refractivity contribution in [2.24, 2.45) is 5.10 Å². The number of rotatable bonds is 10. The van der Waals surface area contributed by atoms with Gasteiger partial charge in [0.15, 0.2) is 17.3 Å². The molecule has 1 amide bonds. The minimum Gasteiger partial charge on any atom is -0.493 e. The smallest absolute Gasteiger partial charge is 0.307 e. The molecule has 0 bridgehead atoms. The molecule has 2 aromatic carbocycles. The van der Waals surface area contributed by atoms with Gasteiger partial charge < -0.3 is 23.2 Å². The predicted molar refractivity (Wildman–Crippen MR) is 156 cm³/mol. The number of hydrogen-bond donors (Lipinski definition) is 1. The van der Waals surface area contributed by atoms with Gasteiger partial charge in [-0.05, 0) is 100 Å². The largest absolute Gasteiger partial charge is 0.493 e. The first-order chi connectivity index (χ1) is 18.8. The predicted octanol–water partition coefficient (Wildman–Crippen LogP) is 6.58. The summed E-state index contributed by atoms with van der Waals surface area (Å²) in [5.41, 5.74) is 6.47. The normalized spacial score (nSPS) is 10.9. The van der Waals surface area contributed by atoms with Crippen LogP contribution in [0, 0.1) is 26.2 Å². The zero-order chi connectivity index (χ0) is 27.9. The molecule has 8 nitrogen and oxygen atoms in total. The molecule has 0 spiro atoms. The zero-order valence-corrected chi connectivity index (χ0v) is 24.6. The van der Waals surface area contributed by atoms with E-state index in [1.165, 1.54) is 13.3 Å². The highest BCUT2D eigenvalue weighted by molar-refractivity contribution is 9.13. The van der Waals surface area contributed by atoms with Crippen LogP contribution >= 0.6 is 31.9 Å². The summed E-state index contributed by atoms with van der Waals surface area (Å²) in [7, 11) is 1.51. The molecule has 0 radical (unpaired) electrons. The monoisotopic (exact) mass is 653 g/mol. The minimum atomic E-state index is -0.504. The van der Waals surface area contributed by atoms with E-state index in [0.29, 0.717) is 37.5 Å². The van der Waals surface area contributed by atoms with Crippen LogP contribution in [0.1, 0.15) is 33.3 Å². The van der Waals surface area contributed by atoms with Crippen LogP contribution in [-0.4, -0.2) is 30.4 Å². The quantitative estimate of drug-likeness (QED) is 0.119. The number of nitrogens with one attached hydrogen (secondary N) is 1. The van der Waals surface area contributed by atoms with Crippen molar-refractivity contribution in [3.8, 4) is 35.3 Å². The number of ether oxygens (including phenoxy) is 3. The van der Waals surface area contributed by atoms with E-state index in [4.69, 9.17) is 25.1 Å². The van der Waals surface area contributed by atoms with Crippen molar-refractivity contribution in [3.05, 3.63) is 92.0 Å². The molecule has 0 aliphatic rings. The van der Waals surface area contributed by atoms with Crippen LogP contribution in [0.25, 0.3) is 5.69 Å². The fourth-order valence-corrected chi connectivity index (χ4v) is 4.75. The third-order valence-electron chi connectivity index (χ3n) is 5.68. The van der Waals surface area contributed by atoms with Crippen LogP contribution in [0.3, 0.4) is 0 Å². The topological polar surface area (TPSA) is 87.2 Å². The molecule has 0 saturated heterocycles. The summed E-state index contributed by atoms with van der Waals surface area (Å²) in [4.78, 5) is 12.5. The number of methoxy groups -OCH3 is 1. The first-order valence-electron chi connectivity index (χ1n) is 11.7. The SMILES string of the molecule is C#CCOc1c(OC)cc(/C=N/NC(=O)c2ccc(COc3ccc(-n4c(C)ccc4C)cc3)o2)c(Br)c1Br. The van der Waals surface area contributed by atoms with E-state index in [9.17, 15) is 4.79 Å². The molecular formula is C29H25Br2N3O5. The number of benzene rings is 2. The third-order valence-corrected chi connectivity index (χ3v) is 7.82. The molecule has 200 valence electrons. The van der Waals surface area contributed by atoms with Gasteiger partial charge in [-0.15, -0.1) is 6.42 Å². The molecule has 0 saturated carbocycles. The number of nitrogens with zero attached hydrogens (tertiary/aromatic N) is 2. The maximum absolute atomic E-state index is 12.5. The number of amides is 1. The Kier molecular flexibility index (Phi) is 9.17. The number of aryl methyl sites for hydroxylation is 2. The molecule has 4 aromatic rings. The van der Waals surface area contributed by atoms with Crippen molar-refractivity contribution < 1.29 is 23.4 Å². The Labute approximate surface area is 243 Å². The summed E-state index contributed by atoms with van der Waals surface area (Å²) in [6.45, 7) is 4.39. The van der Waals surface area contributed by atoms with Crippen LogP contribution in [0.4, 0.5) is 0 Å². The second kappa shape index (κ2) is 12.7. The lowest BCUT2D eigenvalue weighted by molar-refractivity contribution is 0.0923. The van der Waals surface area contributed by atoms with Crippen LogP contribution in [-0.2, 0) is 6.61 Å². The second-order valence-corrected chi connectivity index (χ2v) is 9.90. The molecule has 1 N–H and O–H groups in total. The van der Waals surface area contributed by atoms with Crippen molar-refractivity contribution in [2.45, 2.75) is 20.5 Å². The third kappa shape index (κ3) is 6.56. The van der Waals surface area contributed by atoms with E-state index in [1.807, 2.05) is 24.3 Å². The molecule has 4 rings (SSSR count). The zero-order valence-electron chi connectivity index (χ0n) is 21.5. The Bertz CT molecular complexity index is 1530. The Balaban J connectivity index is 1.35. The van der Waals surface area contributed by atoms with Crippen molar-refractivity contribution in [1.29, 1.82) is 0 Å². The van der Waals surface area contributed by atoms with Gasteiger partial charge in [-0.2, -0.15) is 5.10 Å². The van der Waals surface area contributed by atoms with Crippen molar-refractivity contribution in [2.75, 3.05) is 13.7 Å². The maximum Gasteiger partial charge on any atom is 0.307 e. The van der Waals surface area contributed by atoms with E-state index in [0.717, 1.165) is 17.1 Å². The lowest BCUT2D eigenvalue weighted by atomic mass is 10.2. The number of aromatic nitrogens is 1. The van der Waals surface area contributed by atoms with E-state index in [1.54, 1.807) is 18.2 Å². The fraction of sp³-hybridized carbons (Fsp3) is 0.172. The lowest BCUT2D eigenvalue weighted by Crippen LogP contribution is -2.16. The van der Waals surface area contributed by atoms with Crippen LogP contribution < -0.4 is 19.6 Å². The summed E-state index contributed by atoms with van der Waals surface area (Å²) >= 11 is 6.95. The van der Waals surface area contributed by atoms with E-state index in [2.05, 4.69) is 78.9 Å². The van der Waals surface area contributed by atoms with Crippen molar-refractivity contribution in [3.63, 3.8) is 0 Å². The lowest BCUT2D eigenvalue weighted by Gasteiger charge is -2.13. The number of hydrazone groups is 1. The fourth-order valence-electron chi connectivity index (χ4n) is 3.81. The highest BCUT2D eigenvalue weighted by Crippen LogP contribution is 2.42. The molecule has 0 aliphatic carbocycles. The molecule has 0 atom stereocenters. The highest BCUT2D eigenvalue weighted by Gasteiger charge is 2.17. The van der Waals surface area contributed by atoms with Crippen LogP contribution in [0.15, 0.2) is 73.1 Å². The Morgan fingerprint density at radius 2 is 1.79 bits per heavy atom. The number of hydrogen-bond acceptors (Lipinski definition) is 6. The average Bonchev–Trinajstić information content (AvgIpc) is 3.55. The first-order valence-corrected chi connectivity index (χ1v) is 13.3. The first kappa shape index (κ1) is 28.1. The Hall–Kier alpha value is -3.94. The van der Waals surface area contributed by atoms with Gasteiger partial charge in [0, 0.05) is 27.1 Å². The van der Waals surface area contributed by atoms with E-state index >= 15 is 0 Å². The number of terminal acetylenes is 1. The molecule has 2 aromatic heterocycles.